The summed E-state index contributed by atoms with van der Waals surface area (Å²) in [4.78, 5) is 10.9. The lowest BCUT2D eigenvalue weighted by Gasteiger charge is -2.32. The lowest BCUT2D eigenvalue weighted by molar-refractivity contribution is -0.137. The highest BCUT2D eigenvalue weighted by atomic mass is 35.5. The molecule has 0 aromatic heterocycles. The average molecular weight is 497 g/mol. The number of benzene rings is 2. The Bertz CT molecular complexity index is 968. The third-order valence-corrected chi connectivity index (χ3v) is 7.43. The molecule has 0 unspecified atom stereocenters. The molecule has 0 fully saturated rings. The second-order valence-electron chi connectivity index (χ2n) is 6.53. The van der Waals surface area contributed by atoms with Crippen LogP contribution in [0.5, 0.6) is 0 Å². The number of rotatable bonds is 9. The van der Waals surface area contributed by atoms with E-state index in [2.05, 4.69) is 12.6 Å². The predicted octanol–water partition coefficient (Wildman–Crippen LogP) is 5.78. The van der Waals surface area contributed by atoms with Crippen LogP contribution < -0.4 is 4.31 Å². The topological polar surface area (TPSA) is 74.7 Å². The van der Waals surface area contributed by atoms with E-state index >= 15 is 0 Å². The zero-order valence-electron chi connectivity index (χ0n) is 15.4. The van der Waals surface area contributed by atoms with Crippen molar-refractivity contribution in [3.8, 4) is 0 Å². The summed E-state index contributed by atoms with van der Waals surface area (Å²) in [5, 5.41) is 9.49. The van der Waals surface area contributed by atoms with Gasteiger partial charge in [0.1, 0.15) is 0 Å². The van der Waals surface area contributed by atoms with Gasteiger partial charge in [0.05, 0.1) is 22.0 Å². The number of hydrogen-bond acceptors (Lipinski definition) is 4. The molecule has 2 atom stereocenters. The van der Waals surface area contributed by atoms with Crippen LogP contribution in [0.15, 0.2) is 47.4 Å². The maximum Gasteiger partial charge on any atom is 0.304 e. The summed E-state index contributed by atoms with van der Waals surface area (Å²) in [5.74, 6) is -0.957. The van der Waals surface area contributed by atoms with Gasteiger partial charge in [-0.15, -0.1) is 0 Å². The largest absolute Gasteiger partial charge is 0.481 e. The Morgan fingerprint density at radius 2 is 1.66 bits per heavy atom. The Morgan fingerprint density at radius 3 is 2.24 bits per heavy atom. The summed E-state index contributed by atoms with van der Waals surface area (Å²) in [5.41, 5.74) is 0.246. The van der Waals surface area contributed by atoms with E-state index in [4.69, 9.17) is 39.9 Å². The summed E-state index contributed by atoms with van der Waals surface area (Å²) in [6.07, 6.45) is 0.663. The monoisotopic (exact) mass is 495 g/mol. The summed E-state index contributed by atoms with van der Waals surface area (Å²) < 4.78 is 28.1. The van der Waals surface area contributed by atoms with E-state index in [1.54, 1.807) is 13.0 Å². The molecule has 0 aliphatic heterocycles. The molecule has 0 saturated carbocycles. The van der Waals surface area contributed by atoms with Gasteiger partial charge in [-0.2, -0.15) is 12.6 Å². The highest BCUT2D eigenvalue weighted by Gasteiger charge is 2.31. The molecule has 158 valence electrons. The Balaban J connectivity index is 2.44. The maximum absolute atomic E-state index is 13.4. The van der Waals surface area contributed by atoms with Crippen molar-refractivity contribution >= 4 is 69.1 Å². The first kappa shape index (κ1) is 24.2. The Morgan fingerprint density at radius 1 is 1.07 bits per heavy atom. The zero-order chi connectivity index (χ0) is 21.8. The van der Waals surface area contributed by atoms with Gasteiger partial charge in [0, 0.05) is 21.3 Å². The molecule has 0 bridgehead atoms. The van der Waals surface area contributed by atoms with Gasteiger partial charge < -0.3 is 5.11 Å². The van der Waals surface area contributed by atoms with Crippen LogP contribution in [0.25, 0.3) is 0 Å². The quantitative estimate of drug-likeness (QED) is 0.431. The summed E-state index contributed by atoms with van der Waals surface area (Å²) >= 11 is 22.6. The summed E-state index contributed by atoms with van der Waals surface area (Å²) in [6.45, 7) is 1.73. The molecule has 0 radical (unpaired) electrons. The minimum atomic E-state index is -3.99. The standard InChI is InChI=1S/C19H20Cl3NO4S2/c1-12(2-6-15(28)11-19(24)25)23(18-10-14(21)5-9-17(18)22)29(26,27)16-7-3-13(20)4-8-16/h3-5,7-10,12,15,28H,2,6,11H2,1H3,(H,24,25)/t12-,15-/m1/s1. The number of thiol groups is 1. The third-order valence-electron chi connectivity index (χ3n) is 4.24. The normalized spacial score (nSPS) is 13.7. The fourth-order valence-corrected chi connectivity index (χ4v) is 5.39. The Kier molecular flexibility index (Phi) is 8.55. The summed E-state index contributed by atoms with van der Waals surface area (Å²) in [6, 6.07) is 9.88. The lowest BCUT2D eigenvalue weighted by atomic mass is 10.1. The van der Waals surface area contributed by atoms with Crippen LogP contribution in [0.4, 0.5) is 5.69 Å². The first-order valence-electron chi connectivity index (χ1n) is 8.67. The van der Waals surface area contributed by atoms with Crippen LogP contribution in [0.1, 0.15) is 26.2 Å². The predicted molar refractivity (Wildman–Crippen MR) is 121 cm³/mol. The van der Waals surface area contributed by atoms with Crippen molar-refractivity contribution < 1.29 is 18.3 Å². The number of carbonyl (C=O) groups is 1. The molecule has 10 heteroatoms. The van der Waals surface area contributed by atoms with Crippen LogP contribution in [0.3, 0.4) is 0 Å². The molecule has 2 aromatic carbocycles. The van der Waals surface area contributed by atoms with E-state index in [9.17, 15) is 13.2 Å². The van der Waals surface area contributed by atoms with Crippen molar-refractivity contribution in [3.05, 3.63) is 57.5 Å². The molecular formula is C19H20Cl3NO4S2. The van der Waals surface area contributed by atoms with Crippen molar-refractivity contribution in [2.75, 3.05) is 4.31 Å². The molecule has 0 aliphatic rings. The van der Waals surface area contributed by atoms with Gasteiger partial charge in [-0.1, -0.05) is 34.8 Å². The minimum Gasteiger partial charge on any atom is -0.481 e. The van der Waals surface area contributed by atoms with Crippen LogP contribution in [0.2, 0.25) is 15.1 Å². The number of nitrogens with zero attached hydrogens (tertiary/aromatic N) is 1. The van der Waals surface area contributed by atoms with Gasteiger partial charge in [-0.25, -0.2) is 8.42 Å². The van der Waals surface area contributed by atoms with E-state index in [-0.39, 0.29) is 22.0 Å². The van der Waals surface area contributed by atoms with Crippen molar-refractivity contribution in [1.29, 1.82) is 0 Å². The van der Waals surface area contributed by atoms with E-state index in [1.807, 2.05) is 0 Å². The van der Waals surface area contributed by atoms with Crippen LogP contribution in [-0.2, 0) is 14.8 Å². The molecule has 0 spiro atoms. The fraction of sp³-hybridized carbons (Fsp3) is 0.316. The molecule has 1 N–H and O–H groups in total. The van der Waals surface area contributed by atoms with E-state index < -0.39 is 27.3 Å². The van der Waals surface area contributed by atoms with Crippen molar-refractivity contribution in [2.45, 2.75) is 42.4 Å². The van der Waals surface area contributed by atoms with Gasteiger partial charge in [0.15, 0.2) is 0 Å². The number of halogens is 3. The highest BCUT2D eigenvalue weighted by molar-refractivity contribution is 7.92. The SMILES string of the molecule is C[C@H](CC[C@@H](S)CC(=O)O)N(c1cc(Cl)ccc1Cl)S(=O)(=O)c1ccc(Cl)cc1. The Labute approximate surface area is 191 Å². The van der Waals surface area contributed by atoms with E-state index in [0.29, 0.717) is 22.9 Å². The van der Waals surface area contributed by atoms with Crippen molar-refractivity contribution in [2.24, 2.45) is 0 Å². The molecular weight excluding hydrogens is 477 g/mol. The number of sulfonamides is 1. The summed E-state index contributed by atoms with van der Waals surface area (Å²) in [7, 11) is -3.99. The lowest BCUT2D eigenvalue weighted by Crippen LogP contribution is -2.39. The molecule has 0 heterocycles. The smallest absolute Gasteiger partial charge is 0.304 e. The van der Waals surface area contributed by atoms with Crippen LogP contribution >= 0.6 is 47.4 Å². The fourth-order valence-electron chi connectivity index (χ4n) is 2.83. The van der Waals surface area contributed by atoms with E-state index in [0.717, 1.165) is 0 Å². The van der Waals surface area contributed by atoms with Crippen LogP contribution in [-0.4, -0.2) is 30.8 Å². The molecule has 2 rings (SSSR count). The van der Waals surface area contributed by atoms with Gasteiger partial charge in [-0.05, 0) is 62.2 Å². The number of aliphatic carboxylic acids is 1. The maximum atomic E-state index is 13.4. The van der Waals surface area contributed by atoms with E-state index in [1.165, 1.54) is 40.7 Å². The third kappa shape index (κ3) is 6.43. The number of carboxylic acid groups (broad SMARTS) is 1. The average Bonchev–Trinajstić information content (AvgIpc) is 2.62. The first-order chi connectivity index (χ1) is 13.5. The first-order valence-corrected chi connectivity index (χ1v) is 11.8. The number of hydrogen-bond donors (Lipinski definition) is 2. The zero-order valence-corrected chi connectivity index (χ0v) is 19.4. The number of carboxylic acids is 1. The van der Waals surface area contributed by atoms with Gasteiger partial charge in [0.25, 0.3) is 10.0 Å². The van der Waals surface area contributed by atoms with Crippen LogP contribution in [0, 0.1) is 0 Å². The van der Waals surface area contributed by atoms with Gasteiger partial charge >= 0.3 is 5.97 Å². The van der Waals surface area contributed by atoms with Crippen molar-refractivity contribution in [3.63, 3.8) is 0 Å². The number of anilines is 1. The molecule has 2 aromatic rings. The second-order valence-corrected chi connectivity index (χ2v) is 10.4. The molecule has 29 heavy (non-hydrogen) atoms. The second kappa shape index (κ2) is 10.3. The molecule has 0 saturated heterocycles. The Hall–Kier alpha value is -1.12. The molecule has 0 aliphatic carbocycles. The molecule has 0 amide bonds. The van der Waals surface area contributed by atoms with Gasteiger partial charge in [0.2, 0.25) is 0 Å². The van der Waals surface area contributed by atoms with Crippen molar-refractivity contribution in [1.82, 2.24) is 0 Å². The van der Waals surface area contributed by atoms with Gasteiger partial charge in [-0.3, -0.25) is 9.10 Å². The highest BCUT2D eigenvalue weighted by Crippen LogP contribution is 2.36. The minimum absolute atomic E-state index is 0.0535. The molecule has 5 nitrogen and oxygen atoms in total.